The van der Waals surface area contributed by atoms with Crippen LogP contribution in [0.4, 0.5) is 0 Å². The number of ketones is 1. The van der Waals surface area contributed by atoms with E-state index in [-0.39, 0.29) is 11.3 Å². The molecule has 0 heterocycles. The zero-order valence-electron chi connectivity index (χ0n) is 7.55. The molecular formula is C10H16O. The monoisotopic (exact) mass is 152 g/mol. The van der Waals surface area contributed by atoms with Gasteiger partial charge in [-0.25, -0.2) is 0 Å². The van der Waals surface area contributed by atoms with Crippen molar-refractivity contribution in [3.8, 4) is 0 Å². The van der Waals surface area contributed by atoms with Gasteiger partial charge in [-0.05, 0) is 11.8 Å². The Morgan fingerprint density at radius 2 is 2.18 bits per heavy atom. The first-order valence-electron chi connectivity index (χ1n) is 4.22. The Hall–Kier alpha value is -0.590. The molecule has 11 heavy (non-hydrogen) atoms. The number of hydrogen-bond acceptors (Lipinski definition) is 1. The van der Waals surface area contributed by atoms with Gasteiger partial charge >= 0.3 is 0 Å². The van der Waals surface area contributed by atoms with E-state index in [0.717, 1.165) is 6.42 Å². The van der Waals surface area contributed by atoms with Crippen molar-refractivity contribution < 1.29 is 4.79 Å². The standard InChI is InChI=1S/C10H16O/c1-8-7-10(2,3)6-4-5-9(8)11/h4,6,8H,5,7H2,1-3H3. The summed E-state index contributed by atoms with van der Waals surface area (Å²) in [5, 5.41) is 0. The largest absolute Gasteiger partial charge is 0.299 e. The molecule has 1 unspecified atom stereocenters. The van der Waals surface area contributed by atoms with E-state index in [1.54, 1.807) is 0 Å². The average Bonchev–Trinajstić information content (AvgIpc) is 1.93. The quantitative estimate of drug-likeness (QED) is 0.487. The molecular weight excluding hydrogens is 136 g/mol. The van der Waals surface area contributed by atoms with Crippen molar-refractivity contribution in [2.75, 3.05) is 0 Å². The van der Waals surface area contributed by atoms with Gasteiger partial charge in [0.05, 0.1) is 0 Å². The molecule has 0 amide bonds. The lowest BCUT2D eigenvalue weighted by atomic mass is 9.84. The first-order chi connectivity index (χ1) is 5.01. The molecule has 1 heteroatoms. The van der Waals surface area contributed by atoms with E-state index < -0.39 is 0 Å². The lowest BCUT2D eigenvalue weighted by Gasteiger charge is -2.20. The molecule has 62 valence electrons. The summed E-state index contributed by atoms with van der Waals surface area (Å²) in [6.07, 6.45) is 5.78. The molecule has 0 fully saturated rings. The number of Topliss-reactive ketones (excluding diaryl/α,β-unsaturated/α-hetero) is 1. The van der Waals surface area contributed by atoms with Gasteiger partial charge in [0.15, 0.2) is 0 Å². The highest BCUT2D eigenvalue weighted by Gasteiger charge is 2.24. The van der Waals surface area contributed by atoms with Gasteiger partial charge in [0.2, 0.25) is 0 Å². The van der Waals surface area contributed by atoms with E-state index in [0.29, 0.717) is 12.2 Å². The molecule has 1 nitrogen and oxygen atoms in total. The lowest BCUT2D eigenvalue weighted by Crippen LogP contribution is -2.16. The van der Waals surface area contributed by atoms with Crippen LogP contribution in [0, 0.1) is 11.3 Å². The van der Waals surface area contributed by atoms with E-state index >= 15 is 0 Å². The van der Waals surface area contributed by atoms with Gasteiger partial charge in [-0.2, -0.15) is 0 Å². The van der Waals surface area contributed by atoms with Crippen molar-refractivity contribution in [1.29, 1.82) is 0 Å². The summed E-state index contributed by atoms with van der Waals surface area (Å²) in [7, 11) is 0. The molecule has 0 radical (unpaired) electrons. The summed E-state index contributed by atoms with van der Waals surface area (Å²) in [5.41, 5.74) is 0.214. The molecule has 0 N–H and O–H groups in total. The fraction of sp³-hybridized carbons (Fsp3) is 0.700. The molecule has 1 aliphatic rings. The maximum absolute atomic E-state index is 11.3. The van der Waals surface area contributed by atoms with E-state index in [9.17, 15) is 4.79 Å². The summed E-state index contributed by atoms with van der Waals surface area (Å²) < 4.78 is 0. The van der Waals surface area contributed by atoms with Gasteiger partial charge in [-0.3, -0.25) is 4.79 Å². The van der Waals surface area contributed by atoms with Crippen LogP contribution < -0.4 is 0 Å². The van der Waals surface area contributed by atoms with Crippen molar-refractivity contribution in [3.63, 3.8) is 0 Å². The number of rotatable bonds is 0. The first kappa shape index (κ1) is 8.51. The molecule has 0 bridgehead atoms. The summed E-state index contributed by atoms with van der Waals surface area (Å²) in [6, 6.07) is 0. The van der Waals surface area contributed by atoms with Crippen LogP contribution in [0.3, 0.4) is 0 Å². The molecule has 0 aromatic carbocycles. The average molecular weight is 152 g/mol. The molecule has 1 atom stereocenters. The van der Waals surface area contributed by atoms with Gasteiger partial charge in [0.25, 0.3) is 0 Å². The topological polar surface area (TPSA) is 17.1 Å². The third-order valence-electron chi connectivity index (χ3n) is 2.27. The van der Waals surface area contributed by atoms with Crippen LogP contribution in [0.25, 0.3) is 0 Å². The molecule has 0 aromatic heterocycles. The smallest absolute Gasteiger partial charge is 0.139 e. The van der Waals surface area contributed by atoms with Crippen molar-refractivity contribution >= 4 is 5.78 Å². The second-order valence-corrected chi connectivity index (χ2v) is 4.17. The first-order valence-corrected chi connectivity index (χ1v) is 4.22. The maximum atomic E-state index is 11.3. The highest BCUT2D eigenvalue weighted by Crippen LogP contribution is 2.30. The van der Waals surface area contributed by atoms with Crippen LogP contribution in [0.5, 0.6) is 0 Å². The van der Waals surface area contributed by atoms with Gasteiger partial charge in [-0.15, -0.1) is 0 Å². The van der Waals surface area contributed by atoms with Crippen molar-refractivity contribution in [2.24, 2.45) is 11.3 Å². The van der Waals surface area contributed by atoms with E-state index in [1.807, 2.05) is 13.0 Å². The van der Waals surface area contributed by atoms with E-state index in [2.05, 4.69) is 19.9 Å². The highest BCUT2D eigenvalue weighted by atomic mass is 16.1. The highest BCUT2D eigenvalue weighted by molar-refractivity contribution is 5.82. The van der Waals surface area contributed by atoms with Crippen LogP contribution in [-0.2, 0) is 4.79 Å². The molecule has 0 aliphatic heterocycles. The molecule has 0 spiro atoms. The second kappa shape index (κ2) is 2.80. The molecule has 0 aromatic rings. The Kier molecular flexibility index (Phi) is 2.17. The minimum absolute atomic E-state index is 0.214. The van der Waals surface area contributed by atoms with Gasteiger partial charge < -0.3 is 0 Å². The zero-order valence-corrected chi connectivity index (χ0v) is 7.55. The fourth-order valence-corrected chi connectivity index (χ4v) is 1.67. The van der Waals surface area contributed by atoms with Crippen LogP contribution >= 0.6 is 0 Å². The number of allylic oxidation sites excluding steroid dienone is 2. The SMILES string of the molecule is CC1CC(C)(C)C=CCC1=O. The van der Waals surface area contributed by atoms with Crippen LogP contribution in [0.2, 0.25) is 0 Å². The summed E-state index contributed by atoms with van der Waals surface area (Å²) >= 11 is 0. The minimum atomic E-state index is 0.214. The molecule has 0 saturated carbocycles. The number of carbonyl (C=O) groups excluding carboxylic acids is 1. The zero-order chi connectivity index (χ0) is 8.48. The minimum Gasteiger partial charge on any atom is -0.299 e. The van der Waals surface area contributed by atoms with Crippen LogP contribution in [-0.4, -0.2) is 5.78 Å². The van der Waals surface area contributed by atoms with Crippen molar-refractivity contribution in [1.82, 2.24) is 0 Å². The second-order valence-electron chi connectivity index (χ2n) is 4.17. The van der Waals surface area contributed by atoms with Gasteiger partial charge in [0.1, 0.15) is 5.78 Å². The lowest BCUT2D eigenvalue weighted by molar-refractivity contribution is -0.122. The predicted octanol–water partition coefficient (Wildman–Crippen LogP) is 2.57. The van der Waals surface area contributed by atoms with Gasteiger partial charge in [-0.1, -0.05) is 32.9 Å². The Bertz CT molecular complexity index is 189. The normalized spacial score (nSPS) is 30.1. The number of carbonyl (C=O) groups is 1. The Balaban J connectivity index is 2.74. The Morgan fingerprint density at radius 3 is 2.82 bits per heavy atom. The molecule has 1 aliphatic carbocycles. The third-order valence-corrected chi connectivity index (χ3v) is 2.27. The fourth-order valence-electron chi connectivity index (χ4n) is 1.67. The molecule has 1 rings (SSSR count). The van der Waals surface area contributed by atoms with Crippen molar-refractivity contribution in [3.05, 3.63) is 12.2 Å². The van der Waals surface area contributed by atoms with Crippen LogP contribution in [0.15, 0.2) is 12.2 Å². The summed E-state index contributed by atoms with van der Waals surface area (Å²) in [6.45, 7) is 6.38. The van der Waals surface area contributed by atoms with Crippen molar-refractivity contribution in [2.45, 2.75) is 33.6 Å². The Morgan fingerprint density at radius 1 is 1.55 bits per heavy atom. The third kappa shape index (κ3) is 2.18. The summed E-state index contributed by atoms with van der Waals surface area (Å²) in [5.74, 6) is 0.617. The van der Waals surface area contributed by atoms with E-state index in [4.69, 9.17) is 0 Å². The number of hydrogen-bond donors (Lipinski definition) is 0. The summed E-state index contributed by atoms with van der Waals surface area (Å²) in [4.78, 5) is 11.3. The van der Waals surface area contributed by atoms with Crippen LogP contribution in [0.1, 0.15) is 33.6 Å². The van der Waals surface area contributed by atoms with Gasteiger partial charge in [0, 0.05) is 12.3 Å². The maximum Gasteiger partial charge on any atom is 0.139 e. The van der Waals surface area contributed by atoms with E-state index in [1.165, 1.54) is 0 Å². The Labute approximate surface area is 68.5 Å². The predicted molar refractivity (Wildman–Crippen MR) is 46.3 cm³/mol. The molecule has 0 saturated heterocycles.